The van der Waals surface area contributed by atoms with E-state index in [1.165, 1.54) is 0 Å². The molecule has 0 unspecified atom stereocenters. The van der Waals surface area contributed by atoms with E-state index in [2.05, 4.69) is 22.6 Å². The molecular formula is C14H19IO3. The van der Waals surface area contributed by atoms with Crippen molar-refractivity contribution < 1.29 is 14.6 Å². The van der Waals surface area contributed by atoms with Gasteiger partial charge in [-0.25, -0.2) is 0 Å². The second kappa shape index (κ2) is 7.43. The van der Waals surface area contributed by atoms with Crippen LogP contribution in [0.25, 0.3) is 0 Å². The highest BCUT2D eigenvalue weighted by Gasteiger charge is 2.29. The van der Waals surface area contributed by atoms with Gasteiger partial charge < -0.3 is 14.6 Å². The Morgan fingerprint density at radius 1 is 1.33 bits per heavy atom. The van der Waals surface area contributed by atoms with Crippen molar-refractivity contribution in [1.29, 1.82) is 0 Å². The molecule has 0 saturated carbocycles. The van der Waals surface area contributed by atoms with Crippen molar-refractivity contribution in [3.63, 3.8) is 0 Å². The summed E-state index contributed by atoms with van der Waals surface area (Å²) in [5, 5.41) is 9.99. The van der Waals surface area contributed by atoms with Gasteiger partial charge in [0.15, 0.2) is 0 Å². The van der Waals surface area contributed by atoms with Crippen LogP contribution in [0, 0.1) is 0 Å². The Morgan fingerprint density at radius 2 is 2.11 bits per heavy atom. The SMILES string of the molecule is O[C@H](COCc1ccccc1)[C@@H]1CC[C@@H](CI)O1. The largest absolute Gasteiger partial charge is 0.388 e. The fraction of sp³-hybridized carbons (Fsp3) is 0.571. The van der Waals surface area contributed by atoms with Crippen molar-refractivity contribution in [2.24, 2.45) is 0 Å². The Bertz CT molecular complexity index is 344. The molecule has 1 aliphatic rings. The van der Waals surface area contributed by atoms with Gasteiger partial charge in [-0.2, -0.15) is 0 Å². The number of alkyl halides is 1. The quantitative estimate of drug-likeness (QED) is 0.625. The number of benzene rings is 1. The van der Waals surface area contributed by atoms with Crippen LogP contribution in [-0.2, 0) is 16.1 Å². The van der Waals surface area contributed by atoms with E-state index in [9.17, 15) is 5.11 Å². The lowest BCUT2D eigenvalue weighted by atomic mass is 10.1. The molecule has 1 saturated heterocycles. The van der Waals surface area contributed by atoms with Gasteiger partial charge in [0.1, 0.15) is 6.10 Å². The number of hydrogen-bond donors (Lipinski definition) is 1. The third-order valence-electron chi connectivity index (χ3n) is 3.14. The molecular weight excluding hydrogens is 343 g/mol. The first-order chi connectivity index (χ1) is 8.79. The maximum atomic E-state index is 9.99. The molecule has 0 spiro atoms. The van der Waals surface area contributed by atoms with Gasteiger partial charge in [0.05, 0.1) is 25.4 Å². The second-order valence-corrected chi connectivity index (χ2v) is 5.48. The molecule has 1 N–H and O–H groups in total. The Hall–Kier alpha value is -0.170. The fourth-order valence-corrected chi connectivity index (χ4v) is 2.76. The van der Waals surface area contributed by atoms with Gasteiger partial charge >= 0.3 is 0 Å². The van der Waals surface area contributed by atoms with E-state index in [4.69, 9.17) is 9.47 Å². The highest BCUT2D eigenvalue weighted by atomic mass is 127. The van der Waals surface area contributed by atoms with Gasteiger partial charge in [0, 0.05) is 4.43 Å². The summed E-state index contributed by atoms with van der Waals surface area (Å²) in [5.41, 5.74) is 1.13. The van der Waals surface area contributed by atoms with Crippen LogP contribution < -0.4 is 0 Å². The van der Waals surface area contributed by atoms with Crippen molar-refractivity contribution in [2.75, 3.05) is 11.0 Å². The number of ether oxygens (including phenoxy) is 2. The first-order valence-corrected chi connectivity index (χ1v) is 7.83. The molecule has 18 heavy (non-hydrogen) atoms. The van der Waals surface area contributed by atoms with E-state index in [-0.39, 0.29) is 6.10 Å². The predicted octanol–water partition coefficient (Wildman–Crippen LogP) is 2.55. The van der Waals surface area contributed by atoms with Crippen molar-refractivity contribution in [3.05, 3.63) is 35.9 Å². The van der Waals surface area contributed by atoms with Crippen LogP contribution in [0.3, 0.4) is 0 Å². The van der Waals surface area contributed by atoms with E-state index < -0.39 is 6.10 Å². The summed E-state index contributed by atoms with van der Waals surface area (Å²) in [5.74, 6) is 0. The molecule has 2 rings (SSSR count). The first kappa shape index (κ1) is 14.2. The average Bonchev–Trinajstić information content (AvgIpc) is 2.89. The number of halogens is 1. The zero-order valence-electron chi connectivity index (χ0n) is 10.3. The smallest absolute Gasteiger partial charge is 0.103 e. The summed E-state index contributed by atoms with van der Waals surface area (Å²) in [4.78, 5) is 0. The van der Waals surface area contributed by atoms with E-state index in [1.807, 2.05) is 30.3 Å². The molecule has 0 bridgehead atoms. The van der Waals surface area contributed by atoms with Crippen LogP contribution >= 0.6 is 22.6 Å². The summed E-state index contributed by atoms with van der Waals surface area (Å²) in [6.45, 7) is 0.883. The first-order valence-electron chi connectivity index (χ1n) is 6.30. The summed E-state index contributed by atoms with van der Waals surface area (Å²) in [6, 6.07) is 9.99. The van der Waals surface area contributed by atoms with Crippen LogP contribution in [0.15, 0.2) is 30.3 Å². The molecule has 0 aromatic heterocycles. The van der Waals surface area contributed by atoms with Crippen molar-refractivity contribution in [3.8, 4) is 0 Å². The molecule has 100 valence electrons. The Morgan fingerprint density at radius 3 is 2.78 bits per heavy atom. The number of hydrogen-bond acceptors (Lipinski definition) is 3. The summed E-state index contributed by atoms with van der Waals surface area (Å²) < 4.78 is 12.3. The van der Waals surface area contributed by atoms with Gasteiger partial charge in [-0.1, -0.05) is 52.9 Å². The standard InChI is InChI=1S/C14H19IO3/c15-8-12-6-7-14(18-12)13(16)10-17-9-11-4-2-1-3-5-11/h1-5,12-14,16H,6-10H2/t12-,13+,14-/m0/s1. The lowest BCUT2D eigenvalue weighted by molar-refractivity contribution is -0.0658. The number of aliphatic hydroxyl groups excluding tert-OH is 1. The van der Waals surface area contributed by atoms with E-state index in [0.29, 0.717) is 19.3 Å². The Kier molecular flexibility index (Phi) is 5.88. The van der Waals surface area contributed by atoms with Crippen LogP contribution in [-0.4, -0.2) is 34.5 Å². The zero-order chi connectivity index (χ0) is 12.8. The molecule has 3 nitrogen and oxygen atoms in total. The minimum absolute atomic E-state index is 0.0551. The third-order valence-corrected chi connectivity index (χ3v) is 4.12. The normalized spacial score (nSPS) is 25.2. The maximum Gasteiger partial charge on any atom is 0.103 e. The van der Waals surface area contributed by atoms with Crippen molar-refractivity contribution in [1.82, 2.24) is 0 Å². The van der Waals surface area contributed by atoms with Crippen LogP contribution in [0.4, 0.5) is 0 Å². The zero-order valence-corrected chi connectivity index (χ0v) is 12.5. The minimum Gasteiger partial charge on any atom is -0.388 e. The monoisotopic (exact) mass is 362 g/mol. The molecule has 0 radical (unpaired) electrons. The van der Waals surface area contributed by atoms with Crippen LogP contribution in [0.2, 0.25) is 0 Å². The minimum atomic E-state index is -0.512. The van der Waals surface area contributed by atoms with Gasteiger partial charge in [-0.05, 0) is 18.4 Å². The van der Waals surface area contributed by atoms with Crippen molar-refractivity contribution >= 4 is 22.6 Å². The molecule has 1 aromatic rings. The van der Waals surface area contributed by atoms with Gasteiger partial charge in [-0.3, -0.25) is 0 Å². The molecule has 1 fully saturated rings. The molecule has 4 heteroatoms. The average molecular weight is 362 g/mol. The van der Waals surface area contributed by atoms with E-state index >= 15 is 0 Å². The summed E-state index contributed by atoms with van der Waals surface area (Å²) >= 11 is 2.32. The highest BCUT2D eigenvalue weighted by molar-refractivity contribution is 14.1. The third kappa shape index (κ3) is 4.19. The highest BCUT2D eigenvalue weighted by Crippen LogP contribution is 2.23. The molecule has 0 amide bonds. The van der Waals surface area contributed by atoms with Gasteiger partial charge in [-0.15, -0.1) is 0 Å². The molecule has 1 heterocycles. The molecule has 3 atom stereocenters. The Labute approximate surface area is 122 Å². The molecule has 1 aromatic carbocycles. The van der Waals surface area contributed by atoms with Gasteiger partial charge in [0.2, 0.25) is 0 Å². The lowest BCUT2D eigenvalue weighted by Crippen LogP contribution is -2.31. The lowest BCUT2D eigenvalue weighted by Gasteiger charge is -2.18. The van der Waals surface area contributed by atoms with Crippen LogP contribution in [0.5, 0.6) is 0 Å². The molecule has 0 aliphatic carbocycles. The van der Waals surface area contributed by atoms with Gasteiger partial charge in [0.25, 0.3) is 0 Å². The number of rotatable bonds is 6. The Balaban J connectivity index is 1.68. The second-order valence-electron chi connectivity index (χ2n) is 4.60. The topological polar surface area (TPSA) is 38.7 Å². The predicted molar refractivity (Wildman–Crippen MR) is 78.9 cm³/mol. The summed E-state index contributed by atoms with van der Waals surface area (Å²) in [6.07, 6.45) is 1.72. The fourth-order valence-electron chi connectivity index (χ4n) is 2.11. The number of aliphatic hydroxyl groups is 1. The van der Waals surface area contributed by atoms with E-state index in [1.54, 1.807) is 0 Å². The summed E-state index contributed by atoms with van der Waals surface area (Å²) in [7, 11) is 0. The van der Waals surface area contributed by atoms with Crippen molar-refractivity contribution in [2.45, 2.75) is 37.8 Å². The molecule has 1 aliphatic heterocycles. The van der Waals surface area contributed by atoms with Crippen LogP contribution in [0.1, 0.15) is 18.4 Å². The van der Waals surface area contributed by atoms with E-state index in [0.717, 1.165) is 22.8 Å². The maximum absolute atomic E-state index is 9.99.